The van der Waals surface area contributed by atoms with Crippen LogP contribution < -0.4 is 11.1 Å². The van der Waals surface area contributed by atoms with E-state index in [1.54, 1.807) is 0 Å². The highest BCUT2D eigenvalue weighted by molar-refractivity contribution is 9.10. The topological polar surface area (TPSA) is 51.2 Å². The Bertz CT molecular complexity index is 336. The fraction of sp³-hybridized carbons (Fsp3) is 0.667. The van der Waals surface area contributed by atoms with Crippen molar-refractivity contribution in [1.82, 2.24) is 5.32 Å². The van der Waals surface area contributed by atoms with Gasteiger partial charge in [0.1, 0.15) is 5.76 Å². The van der Waals surface area contributed by atoms with Crippen molar-refractivity contribution in [3.05, 3.63) is 22.6 Å². The maximum absolute atomic E-state index is 5.75. The van der Waals surface area contributed by atoms with Gasteiger partial charge in [0.15, 0.2) is 4.67 Å². The zero-order valence-corrected chi connectivity index (χ0v) is 11.2. The van der Waals surface area contributed by atoms with Crippen molar-refractivity contribution < 1.29 is 4.42 Å². The summed E-state index contributed by atoms with van der Waals surface area (Å²) in [6.45, 7) is 3.89. The third-order valence-electron chi connectivity index (χ3n) is 3.29. The van der Waals surface area contributed by atoms with Crippen LogP contribution in [0, 0.1) is 11.8 Å². The van der Waals surface area contributed by atoms with Crippen LogP contribution in [0.25, 0.3) is 0 Å². The highest BCUT2D eigenvalue weighted by Crippen LogP contribution is 2.36. The average Bonchev–Trinajstić information content (AvgIpc) is 3.03. The Morgan fingerprint density at radius 2 is 2.31 bits per heavy atom. The molecule has 2 rings (SSSR count). The summed E-state index contributed by atoms with van der Waals surface area (Å²) in [6, 6.07) is 4.01. The first-order valence-corrected chi connectivity index (χ1v) is 6.68. The van der Waals surface area contributed by atoms with Gasteiger partial charge in [0, 0.05) is 6.54 Å². The molecule has 0 aliphatic heterocycles. The lowest BCUT2D eigenvalue weighted by molar-refractivity contribution is 0.370. The number of hydrogen-bond acceptors (Lipinski definition) is 3. The summed E-state index contributed by atoms with van der Waals surface area (Å²) in [5.74, 6) is 2.58. The second-order valence-electron chi connectivity index (χ2n) is 4.65. The lowest BCUT2D eigenvalue weighted by atomic mass is 10.1. The van der Waals surface area contributed by atoms with Crippen LogP contribution in [-0.4, -0.2) is 13.1 Å². The summed E-state index contributed by atoms with van der Waals surface area (Å²) >= 11 is 3.31. The van der Waals surface area contributed by atoms with Crippen molar-refractivity contribution in [2.75, 3.05) is 13.1 Å². The quantitative estimate of drug-likeness (QED) is 0.845. The average molecular weight is 287 g/mol. The van der Waals surface area contributed by atoms with Gasteiger partial charge in [-0.25, -0.2) is 0 Å². The summed E-state index contributed by atoms with van der Waals surface area (Å²) < 4.78 is 6.28. The summed E-state index contributed by atoms with van der Waals surface area (Å²) in [5.41, 5.74) is 5.75. The molecule has 3 nitrogen and oxygen atoms in total. The highest BCUT2D eigenvalue weighted by atomic mass is 79.9. The number of hydrogen-bond donors (Lipinski definition) is 2. The Labute approximate surface area is 105 Å². The molecule has 1 aromatic heterocycles. The van der Waals surface area contributed by atoms with E-state index in [1.165, 1.54) is 12.8 Å². The molecule has 1 aliphatic carbocycles. The number of nitrogens with one attached hydrogen (secondary N) is 1. The molecule has 1 heterocycles. The smallest absolute Gasteiger partial charge is 0.169 e. The second-order valence-corrected chi connectivity index (χ2v) is 5.43. The predicted octanol–water partition coefficient (Wildman–Crippen LogP) is 2.68. The predicted molar refractivity (Wildman–Crippen MR) is 68.1 cm³/mol. The van der Waals surface area contributed by atoms with Gasteiger partial charge in [0.25, 0.3) is 0 Å². The summed E-state index contributed by atoms with van der Waals surface area (Å²) in [4.78, 5) is 0. The SMILES string of the molecule is CC(CNC(CN)c1ccc(Br)o1)C1CC1. The van der Waals surface area contributed by atoms with Crippen LogP contribution >= 0.6 is 15.9 Å². The highest BCUT2D eigenvalue weighted by Gasteiger charge is 2.28. The molecule has 0 saturated heterocycles. The van der Waals surface area contributed by atoms with Crippen LogP contribution in [0.3, 0.4) is 0 Å². The standard InChI is InChI=1S/C12H19BrN2O/c1-8(9-2-3-9)7-15-10(6-14)11-4-5-12(13)16-11/h4-5,8-10,15H,2-3,6-7,14H2,1H3. The molecular weight excluding hydrogens is 268 g/mol. The minimum atomic E-state index is 0.132. The van der Waals surface area contributed by atoms with E-state index in [2.05, 4.69) is 28.2 Å². The molecule has 0 radical (unpaired) electrons. The van der Waals surface area contributed by atoms with Gasteiger partial charge in [-0.3, -0.25) is 0 Å². The van der Waals surface area contributed by atoms with Gasteiger partial charge in [0.05, 0.1) is 6.04 Å². The normalized spacial score (nSPS) is 19.7. The molecule has 90 valence electrons. The maximum Gasteiger partial charge on any atom is 0.169 e. The molecule has 2 unspecified atom stereocenters. The monoisotopic (exact) mass is 286 g/mol. The van der Waals surface area contributed by atoms with E-state index in [0.29, 0.717) is 6.54 Å². The fourth-order valence-electron chi connectivity index (χ4n) is 1.98. The van der Waals surface area contributed by atoms with Crippen molar-refractivity contribution in [2.24, 2.45) is 17.6 Å². The van der Waals surface area contributed by atoms with Gasteiger partial charge < -0.3 is 15.5 Å². The Morgan fingerprint density at radius 1 is 1.56 bits per heavy atom. The summed E-state index contributed by atoms with van der Waals surface area (Å²) in [5, 5.41) is 3.48. The van der Waals surface area contributed by atoms with Crippen LogP contribution in [0.15, 0.2) is 21.2 Å². The molecule has 1 aliphatic rings. The van der Waals surface area contributed by atoms with Crippen molar-refractivity contribution >= 4 is 15.9 Å². The second kappa shape index (κ2) is 5.34. The zero-order valence-electron chi connectivity index (χ0n) is 9.58. The number of furan rings is 1. The van der Waals surface area contributed by atoms with Crippen LogP contribution in [0.2, 0.25) is 0 Å². The van der Waals surface area contributed by atoms with Gasteiger partial charge in [-0.05, 0) is 59.3 Å². The van der Waals surface area contributed by atoms with Gasteiger partial charge >= 0.3 is 0 Å². The number of rotatable bonds is 6. The molecule has 16 heavy (non-hydrogen) atoms. The minimum Gasteiger partial charge on any atom is -0.453 e. The largest absolute Gasteiger partial charge is 0.453 e. The minimum absolute atomic E-state index is 0.132. The molecule has 0 aromatic carbocycles. The molecule has 4 heteroatoms. The van der Waals surface area contributed by atoms with Crippen molar-refractivity contribution in [3.63, 3.8) is 0 Å². The lowest BCUT2D eigenvalue weighted by Gasteiger charge is -2.17. The number of halogens is 1. The van der Waals surface area contributed by atoms with Crippen LogP contribution in [0.4, 0.5) is 0 Å². The molecular formula is C12H19BrN2O. The maximum atomic E-state index is 5.75. The van der Waals surface area contributed by atoms with Crippen molar-refractivity contribution in [1.29, 1.82) is 0 Å². The van der Waals surface area contributed by atoms with Crippen molar-refractivity contribution in [3.8, 4) is 0 Å². The van der Waals surface area contributed by atoms with Crippen LogP contribution in [0.1, 0.15) is 31.6 Å². The summed E-state index contributed by atoms with van der Waals surface area (Å²) in [6.07, 6.45) is 2.78. The van der Waals surface area contributed by atoms with Gasteiger partial charge in [-0.15, -0.1) is 0 Å². The Kier molecular flexibility index (Phi) is 4.05. The zero-order chi connectivity index (χ0) is 11.5. The molecule has 1 saturated carbocycles. The van der Waals surface area contributed by atoms with Crippen LogP contribution in [-0.2, 0) is 0 Å². The third-order valence-corrected chi connectivity index (χ3v) is 3.71. The van der Waals surface area contributed by atoms with E-state index in [-0.39, 0.29) is 6.04 Å². The van der Waals surface area contributed by atoms with Gasteiger partial charge in [0.2, 0.25) is 0 Å². The van der Waals surface area contributed by atoms with E-state index in [9.17, 15) is 0 Å². The van der Waals surface area contributed by atoms with Gasteiger partial charge in [-0.2, -0.15) is 0 Å². The Morgan fingerprint density at radius 3 is 2.81 bits per heavy atom. The van der Waals surface area contributed by atoms with Crippen LogP contribution in [0.5, 0.6) is 0 Å². The first-order chi connectivity index (χ1) is 7.70. The molecule has 0 spiro atoms. The van der Waals surface area contributed by atoms with Crippen molar-refractivity contribution in [2.45, 2.75) is 25.8 Å². The summed E-state index contributed by atoms with van der Waals surface area (Å²) in [7, 11) is 0. The first-order valence-electron chi connectivity index (χ1n) is 5.89. The molecule has 3 N–H and O–H groups in total. The van der Waals surface area contributed by atoms with E-state index in [1.807, 2.05) is 12.1 Å². The number of nitrogens with two attached hydrogens (primary N) is 1. The first kappa shape index (κ1) is 12.1. The molecule has 2 atom stereocenters. The molecule has 1 aromatic rings. The lowest BCUT2D eigenvalue weighted by Crippen LogP contribution is -2.31. The molecule has 1 fully saturated rings. The van der Waals surface area contributed by atoms with E-state index in [4.69, 9.17) is 10.2 Å². The molecule has 0 amide bonds. The molecule has 0 bridgehead atoms. The van der Waals surface area contributed by atoms with E-state index >= 15 is 0 Å². The van der Waals surface area contributed by atoms with E-state index < -0.39 is 0 Å². The third kappa shape index (κ3) is 3.09. The Hall–Kier alpha value is -0.320. The Balaban J connectivity index is 1.85. The van der Waals surface area contributed by atoms with Gasteiger partial charge in [-0.1, -0.05) is 6.92 Å². The van der Waals surface area contributed by atoms with E-state index in [0.717, 1.165) is 28.8 Å². The fourth-order valence-corrected chi connectivity index (χ4v) is 2.29.